The predicted octanol–water partition coefficient (Wildman–Crippen LogP) is 1.09. The van der Waals surface area contributed by atoms with Crippen LogP contribution in [0, 0.1) is 11.8 Å². The minimum atomic E-state index is -0.496. The van der Waals surface area contributed by atoms with Crippen molar-refractivity contribution in [3.05, 3.63) is 0 Å². The molecule has 4 heteroatoms. The lowest BCUT2D eigenvalue weighted by atomic mass is 9.78. The van der Waals surface area contributed by atoms with Crippen molar-refractivity contribution in [1.82, 2.24) is 9.80 Å². The zero-order chi connectivity index (χ0) is 13.5. The van der Waals surface area contributed by atoms with Gasteiger partial charge >= 0.3 is 0 Å². The largest absolute Gasteiger partial charge is 0.389 e. The minimum Gasteiger partial charge on any atom is -0.389 e. The van der Waals surface area contributed by atoms with E-state index in [2.05, 4.69) is 11.8 Å². The Hall–Kier alpha value is -0.610. The van der Waals surface area contributed by atoms with E-state index >= 15 is 0 Å². The highest BCUT2D eigenvalue weighted by Crippen LogP contribution is 2.47. The van der Waals surface area contributed by atoms with Gasteiger partial charge in [-0.1, -0.05) is 6.92 Å². The van der Waals surface area contributed by atoms with E-state index in [0.29, 0.717) is 12.5 Å². The Bertz CT molecular complexity index is 350. The summed E-state index contributed by atoms with van der Waals surface area (Å²) in [7, 11) is 0. The molecule has 0 unspecified atom stereocenters. The summed E-state index contributed by atoms with van der Waals surface area (Å²) in [5.74, 6) is 0.973. The third-order valence-corrected chi connectivity index (χ3v) is 5.32. The molecule has 0 aromatic rings. The van der Waals surface area contributed by atoms with Crippen LogP contribution in [-0.2, 0) is 4.79 Å². The summed E-state index contributed by atoms with van der Waals surface area (Å²) in [6.45, 7) is 6.30. The molecule has 1 saturated carbocycles. The van der Waals surface area contributed by atoms with Crippen LogP contribution < -0.4 is 0 Å². The van der Waals surface area contributed by atoms with Crippen LogP contribution >= 0.6 is 0 Å². The molecule has 1 N–H and O–H groups in total. The number of hydrogen-bond acceptors (Lipinski definition) is 3. The smallest absolute Gasteiger partial charge is 0.236 e. The summed E-state index contributed by atoms with van der Waals surface area (Å²) in [4.78, 5) is 16.5. The average Bonchev–Trinajstić information content (AvgIpc) is 3.13. The monoisotopic (exact) mass is 266 g/mol. The molecule has 4 nitrogen and oxygen atoms in total. The lowest BCUT2D eigenvalue weighted by molar-refractivity contribution is -0.142. The highest BCUT2D eigenvalue weighted by atomic mass is 16.3. The molecule has 2 atom stereocenters. The molecule has 108 valence electrons. The van der Waals surface area contributed by atoms with Crippen LogP contribution in [0.1, 0.15) is 39.0 Å². The second-order valence-electron chi connectivity index (χ2n) is 6.74. The predicted molar refractivity (Wildman–Crippen MR) is 73.7 cm³/mol. The molecule has 1 aliphatic carbocycles. The lowest BCUT2D eigenvalue weighted by Crippen LogP contribution is -2.55. The Kier molecular flexibility index (Phi) is 3.56. The molecule has 2 saturated heterocycles. The first-order valence-corrected chi connectivity index (χ1v) is 7.82. The van der Waals surface area contributed by atoms with E-state index in [9.17, 15) is 9.90 Å². The fraction of sp³-hybridized carbons (Fsp3) is 0.933. The van der Waals surface area contributed by atoms with Crippen LogP contribution in [0.5, 0.6) is 0 Å². The Morgan fingerprint density at radius 1 is 1.26 bits per heavy atom. The number of amides is 1. The van der Waals surface area contributed by atoms with E-state index in [1.165, 1.54) is 25.7 Å². The highest BCUT2D eigenvalue weighted by molar-refractivity contribution is 5.78. The van der Waals surface area contributed by atoms with Crippen LogP contribution in [0.25, 0.3) is 0 Å². The van der Waals surface area contributed by atoms with Gasteiger partial charge in [-0.25, -0.2) is 0 Å². The number of rotatable bonds is 3. The van der Waals surface area contributed by atoms with Gasteiger partial charge in [0.25, 0.3) is 0 Å². The van der Waals surface area contributed by atoms with E-state index in [-0.39, 0.29) is 11.8 Å². The fourth-order valence-electron chi connectivity index (χ4n) is 3.79. The van der Waals surface area contributed by atoms with Gasteiger partial charge < -0.3 is 10.0 Å². The summed E-state index contributed by atoms with van der Waals surface area (Å²) in [6.07, 6.45) is 5.56. The van der Waals surface area contributed by atoms with Crippen LogP contribution in [0.4, 0.5) is 0 Å². The summed E-state index contributed by atoms with van der Waals surface area (Å²) in [5, 5.41) is 10.7. The second kappa shape index (κ2) is 5.06. The van der Waals surface area contributed by atoms with Gasteiger partial charge in [-0.2, -0.15) is 0 Å². The highest BCUT2D eigenvalue weighted by Gasteiger charge is 2.50. The SMILES string of the molecule is C[C@@H]1CN(C(=O)CN2CCCC2)CC[C@@]1(O)C1CC1. The van der Waals surface area contributed by atoms with Crippen LogP contribution in [0.3, 0.4) is 0 Å². The molecule has 1 amide bonds. The van der Waals surface area contributed by atoms with E-state index in [0.717, 1.165) is 32.6 Å². The fourth-order valence-corrected chi connectivity index (χ4v) is 3.79. The van der Waals surface area contributed by atoms with Gasteiger partial charge in [0.05, 0.1) is 12.1 Å². The van der Waals surface area contributed by atoms with Gasteiger partial charge in [0.1, 0.15) is 0 Å². The summed E-state index contributed by atoms with van der Waals surface area (Å²) >= 11 is 0. The number of hydrogen-bond donors (Lipinski definition) is 1. The van der Waals surface area contributed by atoms with E-state index < -0.39 is 5.60 Å². The molecule has 0 spiro atoms. The molecule has 3 rings (SSSR count). The van der Waals surface area contributed by atoms with Gasteiger partial charge in [0.2, 0.25) is 5.91 Å². The quantitative estimate of drug-likeness (QED) is 0.831. The molecule has 19 heavy (non-hydrogen) atoms. The van der Waals surface area contributed by atoms with Crippen molar-refractivity contribution in [2.75, 3.05) is 32.7 Å². The average molecular weight is 266 g/mol. The third kappa shape index (κ3) is 2.65. The maximum absolute atomic E-state index is 12.3. The summed E-state index contributed by atoms with van der Waals surface area (Å²) in [5.41, 5.74) is -0.496. The number of likely N-dealkylation sites (tertiary alicyclic amines) is 2. The van der Waals surface area contributed by atoms with E-state index in [1.54, 1.807) is 0 Å². The zero-order valence-corrected chi connectivity index (χ0v) is 12.0. The Labute approximate surface area is 115 Å². The Morgan fingerprint density at radius 3 is 2.53 bits per heavy atom. The van der Waals surface area contributed by atoms with Gasteiger partial charge in [-0.05, 0) is 51.1 Å². The summed E-state index contributed by atoms with van der Waals surface area (Å²) in [6, 6.07) is 0. The van der Waals surface area contributed by atoms with Crippen molar-refractivity contribution in [2.45, 2.75) is 44.6 Å². The van der Waals surface area contributed by atoms with Crippen molar-refractivity contribution in [2.24, 2.45) is 11.8 Å². The number of carbonyl (C=O) groups is 1. The first kappa shape index (κ1) is 13.4. The van der Waals surface area contributed by atoms with Gasteiger partial charge in [0, 0.05) is 19.0 Å². The molecule has 0 aromatic carbocycles. The van der Waals surface area contributed by atoms with Gasteiger partial charge in [-0.15, -0.1) is 0 Å². The van der Waals surface area contributed by atoms with Crippen molar-refractivity contribution in [1.29, 1.82) is 0 Å². The minimum absolute atomic E-state index is 0.219. The molecule has 0 aromatic heterocycles. The lowest BCUT2D eigenvalue weighted by Gasteiger charge is -2.44. The topological polar surface area (TPSA) is 43.8 Å². The molecular weight excluding hydrogens is 240 g/mol. The number of nitrogens with zero attached hydrogens (tertiary/aromatic N) is 2. The van der Waals surface area contributed by atoms with Crippen molar-refractivity contribution in [3.63, 3.8) is 0 Å². The first-order valence-electron chi connectivity index (χ1n) is 7.82. The molecular formula is C15H26N2O2. The van der Waals surface area contributed by atoms with Gasteiger partial charge in [0.15, 0.2) is 0 Å². The first-order chi connectivity index (χ1) is 9.09. The number of piperidine rings is 1. The number of carbonyl (C=O) groups excluding carboxylic acids is 1. The zero-order valence-electron chi connectivity index (χ0n) is 12.0. The maximum atomic E-state index is 12.3. The number of aliphatic hydroxyl groups is 1. The van der Waals surface area contributed by atoms with E-state index in [1.807, 2.05) is 4.90 Å². The second-order valence-corrected chi connectivity index (χ2v) is 6.74. The normalized spacial score (nSPS) is 36.7. The standard InChI is InChI=1S/C15H26N2O2/c1-12-10-17(9-6-15(12,19)13-4-5-13)14(18)11-16-7-2-3-8-16/h12-13,19H,2-11H2,1H3/t12-,15+/m1/s1. The molecule has 0 bridgehead atoms. The van der Waals surface area contributed by atoms with Crippen LogP contribution in [0.2, 0.25) is 0 Å². The Morgan fingerprint density at radius 2 is 1.95 bits per heavy atom. The molecule has 0 radical (unpaired) electrons. The maximum Gasteiger partial charge on any atom is 0.236 e. The van der Waals surface area contributed by atoms with Crippen LogP contribution in [-0.4, -0.2) is 59.1 Å². The van der Waals surface area contributed by atoms with Crippen molar-refractivity contribution < 1.29 is 9.90 Å². The Balaban J connectivity index is 1.54. The van der Waals surface area contributed by atoms with Gasteiger partial charge in [-0.3, -0.25) is 9.69 Å². The van der Waals surface area contributed by atoms with E-state index in [4.69, 9.17) is 0 Å². The molecule has 2 heterocycles. The molecule has 3 aliphatic rings. The van der Waals surface area contributed by atoms with Crippen LogP contribution in [0.15, 0.2) is 0 Å². The van der Waals surface area contributed by atoms with Crippen molar-refractivity contribution >= 4 is 5.91 Å². The molecule has 3 fully saturated rings. The summed E-state index contributed by atoms with van der Waals surface area (Å²) < 4.78 is 0. The van der Waals surface area contributed by atoms with Crippen molar-refractivity contribution in [3.8, 4) is 0 Å². The third-order valence-electron chi connectivity index (χ3n) is 5.32. The molecule has 2 aliphatic heterocycles.